The molecule has 1 aromatic carbocycles. The number of nitrogens with one attached hydrogen (secondary N) is 1. The van der Waals surface area contributed by atoms with E-state index in [1.165, 1.54) is 0 Å². The van der Waals surface area contributed by atoms with Crippen LogP contribution in [0.2, 0.25) is 5.02 Å². The van der Waals surface area contributed by atoms with Crippen LogP contribution in [0, 0.1) is 5.92 Å². The van der Waals surface area contributed by atoms with Gasteiger partial charge in [0.15, 0.2) is 0 Å². The molecule has 126 valence electrons. The van der Waals surface area contributed by atoms with Gasteiger partial charge in [0.25, 0.3) is 5.91 Å². The Labute approximate surface area is 147 Å². The van der Waals surface area contributed by atoms with Crippen molar-refractivity contribution in [1.82, 2.24) is 9.88 Å². The van der Waals surface area contributed by atoms with Crippen LogP contribution in [0.25, 0.3) is 0 Å². The summed E-state index contributed by atoms with van der Waals surface area (Å²) in [6, 6.07) is 11.4. The van der Waals surface area contributed by atoms with E-state index in [0.717, 1.165) is 42.2 Å². The maximum Gasteiger partial charge on any atom is 0.272 e. The smallest absolute Gasteiger partial charge is 0.272 e. The Morgan fingerprint density at radius 2 is 1.92 bits per heavy atom. The molecule has 0 saturated carbocycles. The van der Waals surface area contributed by atoms with Crippen LogP contribution in [0.5, 0.6) is 0 Å². The van der Waals surface area contributed by atoms with E-state index in [1.54, 1.807) is 12.3 Å². The Morgan fingerprint density at radius 1 is 1.21 bits per heavy atom. The summed E-state index contributed by atoms with van der Waals surface area (Å²) < 4.78 is 0. The number of rotatable bonds is 4. The van der Waals surface area contributed by atoms with E-state index in [1.807, 2.05) is 35.2 Å². The highest BCUT2D eigenvalue weighted by Gasteiger charge is 2.22. The highest BCUT2D eigenvalue weighted by molar-refractivity contribution is 6.30. The Kier molecular flexibility index (Phi) is 5.36. The highest BCUT2D eigenvalue weighted by Crippen LogP contribution is 2.18. The lowest BCUT2D eigenvalue weighted by Crippen LogP contribution is -2.38. The van der Waals surface area contributed by atoms with Crippen LogP contribution in [0.3, 0.4) is 0 Å². The zero-order valence-electron chi connectivity index (χ0n) is 13.8. The molecule has 0 aliphatic carbocycles. The predicted molar refractivity (Wildman–Crippen MR) is 97.3 cm³/mol. The van der Waals surface area contributed by atoms with Gasteiger partial charge in [0.2, 0.25) is 0 Å². The van der Waals surface area contributed by atoms with Crippen molar-refractivity contribution in [2.45, 2.75) is 26.3 Å². The van der Waals surface area contributed by atoms with Crippen LogP contribution in [-0.4, -0.2) is 28.9 Å². The molecule has 5 heteroatoms. The molecule has 1 aliphatic rings. The SMILES string of the molecule is CC1CCN(C(=O)c2ccc(NCc3ccc(Cl)cc3)cn2)CC1. The number of anilines is 1. The highest BCUT2D eigenvalue weighted by atomic mass is 35.5. The molecule has 0 radical (unpaired) electrons. The Balaban J connectivity index is 1.56. The van der Waals surface area contributed by atoms with E-state index in [-0.39, 0.29) is 5.91 Å². The third-order valence-corrected chi connectivity index (χ3v) is 4.72. The van der Waals surface area contributed by atoms with Gasteiger partial charge in [-0.2, -0.15) is 0 Å². The first-order chi connectivity index (χ1) is 11.6. The van der Waals surface area contributed by atoms with Crippen LogP contribution in [-0.2, 0) is 6.54 Å². The van der Waals surface area contributed by atoms with Crippen molar-refractivity contribution in [1.29, 1.82) is 0 Å². The number of piperidine rings is 1. The van der Waals surface area contributed by atoms with Crippen molar-refractivity contribution in [3.8, 4) is 0 Å². The standard InChI is InChI=1S/C19H22ClN3O/c1-14-8-10-23(11-9-14)19(24)18-7-6-17(13-22-18)21-12-15-2-4-16(20)5-3-15/h2-7,13-14,21H,8-12H2,1H3. The fourth-order valence-corrected chi connectivity index (χ4v) is 2.93. The van der Waals surface area contributed by atoms with E-state index in [9.17, 15) is 4.79 Å². The van der Waals surface area contributed by atoms with E-state index in [4.69, 9.17) is 11.6 Å². The van der Waals surface area contributed by atoms with Gasteiger partial charge in [0.1, 0.15) is 5.69 Å². The zero-order valence-corrected chi connectivity index (χ0v) is 14.6. The van der Waals surface area contributed by atoms with Crippen molar-refractivity contribution in [3.63, 3.8) is 0 Å². The van der Waals surface area contributed by atoms with Gasteiger partial charge >= 0.3 is 0 Å². The summed E-state index contributed by atoms with van der Waals surface area (Å²) in [5, 5.41) is 4.03. The normalized spacial score (nSPS) is 15.3. The summed E-state index contributed by atoms with van der Waals surface area (Å²) in [4.78, 5) is 18.7. The summed E-state index contributed by atoms with van der Waals surface area (Å²) in [5.41, 5.74) is 2.55. The monoisotopic (exact) mass is 343 g/mol. The number of halogens is 1. The molecule has 1 saturated heterocycles. The van der Waals surface area contributed by atoms with Gasteiger partial charge in [-0.15, -0.1) is 0 Å². The molecule has 2 heterocycles. The minimum atomic E-state index is 0.0335. The second-order valence-electron chi connectivity index (χ2n) is 6.39. The van der Waals surface area contributed by atoms with Gasteiger partial charge in [-0.3, -0.25) is 4.79 Å². The second kappa shape index (κ2) is 7.67. The maximum atomic E-state index is 12.5. The minimum Gasteiger partial charge on any atom is -0.380 e. The lowest BCUT2D eigenvalue weighted by Gasteiger charge is -2.30. The molecule has 1 fully saturated rings. The number of aromatic nitrogens is 1. The van der Waals surface area contributed by atoms with E-state index in [2.05, 4.69) is 17.2 Å². The van der Waals surface area contributed by atoms with Crippen LogP contribution in [0.15, 0.2) is 42.6 Å². The molecule has 1 aliphatic heterocycles. The first kappa shape index (κ1) is 16.8. The molecule has 1 N–H and O–H groups in total. The molecule has 0 atom stereocenters. The van der Waals surface area contributed by atoms with Crippen LogP contribution < -0.4 is 5.32 Å². The molecule has 4 nitrogen and oxygen atoms in total. The molecule has 1 aromatic heterocycles. The van der Waals surface area contributed by atoms with Gasteiger partial charge in [-0.05, 0) is 48.6 Å². The Hall–Kier alpha value is -2.07. The van der Waals surface area contributed by atoms with Crippen LogP contribution in [0.1, 0.15) is 35.8 Å². The number of hydrogen-bond donors (Lipinski definition) is 1. The van der Waals surface area contributed by atoms with Crippen molar-refractivity contribution < 1.29 is 4.79 Å². The van der Waals surface area contributed by atoms with Gasteiger partial charge in [0, 0.05) is 24.7 Å². The molecule has 1 amide bonds. The number of amides is 1. The molecule has 3 rings (SSSR count). The Morgan fingerprint density at radius 3 is 2.54 bits per heavy atom. The summed E-state index contributed by atoms with van der Waals surface area (Å²) in [7, 11) is 0. The summed E-state index contributed by atoms with van der Waals surface area (Å²) in [6.07, 6.45) is 3.87. The number of hydrogen-bond acceptors (Lipinski definition) is 3. The average Bonchev–Trinajstić information content (AvgIpc) is 2.62. The average molecular weight is 344 g/mol. The summed E-state index contributed by atoms with van der Waals surface area (Å²) >= 11 is 5.88. The number of carbonyl (C=O) groups is 1. The van der Waals surface area contributed by atoms with Gasteiger partial charge in [-0.25, -0.2) is 4.98 Å². The second-order valence-corrected chi connectivity index (χ2v) is 6.82. The van der Waals surface area contributed by atoms with Crippen molar-refractivity contribution >= 4 is 23.2 Å². The molecule has 0 bridgehead atoms. The molecule has 0 spiro atoms. The van der Waals surface area contributed by atoms with Crippen LogP contribution >= 0.6 is 11.6 Å². The number of carbonyl (C=O) groups excluding carboxylic acids is 1. The Bertz CT molecular complexity index is 677. The van der Waals surface area contributed by atoms with Gasteiger partial charge < -0.3 is 10.2 Å². The zero-order chi connectivity index (χ0) is 16.9. The van der Waals surface area contributed by atoms with Crippen molar-refractivity contribution in [2.24, 2.45) is 5.92 Å². The van der Waals surface area contributed by atoms with Gasteiger partial charge in [-0.1, -0.05) is 30.7 Å². The third-order valence-electron chi connectivity index (χ3n) is 4.46. The lowest BCUT2D eigenvalue weighted by molar-refractivity contribution is 0.0691. The molecular weight excluding hydrogens is 322 g/mol. The number of benzene rings is 1. The summed E-state index contributed by atoms with van der Waals surface area (Å²) in [5.74, 6) is 0.743. The lowest BCUT2D eigenvalue weighted by atomic mass is 9.99. The largest absolute Gasteiger partial charge is 0.380 e. The third kappa shape index (κ3) is 4.26. The van der Waals surface area contributed by atoms with Crippen LogP contribution in [0.4, 0.5) is 5.69 Å². The molecule has 2 aromatic rings. The fraction of sp³-hybridized carbons (Fsp3) is 0.368. The van der Waals surface area contributed by atoms with Crippen molar-refractivity contribution in [2.75, 3.05) is 18.4 Å². The first-order valence-corrected chi connectivity index (χ1v) is 8.73. The minimum absolute atomic E-state index is 0.0335. The number of likely N-dealkylation sites (tertiary alicyclic amines) is 1. The van der Waals surface area contributed by atoms with Gasteiger partial charge in [0.05, 0.1) is 11.9 Å². The molecular formula is C19H22ClN3O. The number of pyridine rings is 1. The van der Waals surface area contributed by atoms with Crippen molar-refractivity contribution in [3.05, 3.63) is 58.9 Å². The topological polar surface area (TPSA) is 45.2 Å². The summed E-state index contributed by atoms with van der Waals surface area (Å²) in [6.45, 7) is 4.59. The predicted octanol–water partition coefficient (Wildman–Crippen LogP) is 4.22. The molecule has 24 heavy (non-hydrogen) atoms. The quantitative estimate of drug-likeness (QED) is 0.904. The maximum absolute atomic E-state index is 12.5. The van der Waals surface area contributed by atoms with E-state index in [0.29, 0.717) is 18.2 Å². The van der Waals surface area contributed by atoms with E-state index < -0.39 is 0 Å². The van der Waals surface area contributed by atoms with E-state index >= 15 is 0 Å². The fourth-order valence-electron chi connectivity index (χ4n) is 2.81. The number of nitrogens with zero attached hydrogens (tertiary/aromatic N) is 2. The first-order valence-electron chi connectivity index (χ1n) is 8.35. The molecule has 0 unspecified atom stereocenters.